The quantitative estimate of drug-likeness (QED) is 0.696. The van der Waals surface area contributed by atoms with Crippen LogP contribution in [-0.2, 0) is 4.79 Å². The molecular formula is C13H28N2O. The van der Waals surface area contributed by atoms with Gasteiger partial charge in [-0.1, -0.05) is 20.8 Å². The molecule has 0 N–H and O–H groups in total. The Bertz CT molecular complexity index is 224. The van der Waals surface area contributed by atoms with Crippen LogP contribution in [0.4, 0.5) is 0 Å². The number of amides is 1. The highest BCUT2D eigenvalue weighted by Gasteiger charge is 2.28. The van der Waals surface area contributed by atoms with Gasteiger partial charge in [0.1, 0.15) is 0 Å². The Labute approximate surface area is 101 Å². The molecular weight excluding hydrogens is 200 g/mol. The van der Waals surface area contributed by atoms with Crippen molar-refractivity contribution in [2.75, 3.05) is 27.2 Å². The van der Waals surface area contributed by atoms with E-state index in [4.69, 9.17) is 0 Å². The molecule has 96 valence electrons. The Kier molecular flexibility index (Phi) is 6.01. The summed E-state index contributed by atoms with van der Waals surface area (Å²) >= 11 is 0. The maximum atomic E-state index is 12.1. The van der Waals surface area contributed by atoms with Gasteiger partial charge in [-0.15, -0.1) is 0 Å². The van der Waals surface area contributed by atoms with E-state index in [-0.39, 0.29) is 11.3 Å². The van der Waals surface area contributed by atoms with E-state index in [1.807, 2.05) is 25.8 Å². The molecule has 0 bridgehead atoms. The molecule has 3 heteroatoms. The summed E-state index contributed by atoms with van der Waals surface area (Å²) in [7, 11) is 3.99. The number of likely N-dealkylation sites (N-methyl/N-ethyl adjacent to an activating group) is 2. The van der Waals surface area contributed by atoms with Crippen molar-refractivity contribution in [3.63, 3.8) is 0 Å². The fraction of sp³-hybridized carbons (Fsp3) is 0.923. The van der Waals surface area contributed by atoms with Crippen molar-refractivity contribution < 1.29 is 4.79 Å². The van der Waals surface area contributed by atoms with E-state index in [0.29, 0.717) is 6.04 Å². The maximum absolute atomic E-state index is 12.1. The molecule has 0 rings (SSSR count). The zero-order chi connectivity index (χ0) is 12.9. The summed E-state index contributed by atoms with van der Waals surface area (Å²) in [6, 6.07) is 0.530. The van der Waals surface area contributed by atoms with Gasteiger partial charge in [0.05, 0.1) is 0 Å². The lowest BCUT2D eigenvalue weighted by atomic mass is 9.89. The van der Waals surface area contributed by atoms with Crippen LogP contribution in [0.5, 0.6) is 0 Å². The van der Waals surface area contributed by atoms with Crippen LogP contribution in [0.25, 0.3) is 0 Å². The first-order valence-corrected chi connectivity index (χ1v) is 6.18. The summed E-state index contributed by atoms with van der Waals surface area (Å²) in [6.07, 6.45) is 0.885. The summed E-state index contributed by atoms with van der Waals surface area (Å²) in [4.78, 5) is 16.2. The molecule has 0 atom stereocenters. The van der Waals surface area contributed by atoms with Crippen LogP contribution in [0.15, 0.2) is 0 Å². The van der Waals surface area contributed by atoms with Gasteiger partial charge in [-0.05, 0) is 27.3 Å². The molecule has 0 heterocycles. The van der Waals surface area contributed by atoms with Gasteiger partial charge in [0.2, 0.25) is 5.91 Å². The third-order valence-electron chi connectivity index (χ3n) is 3.48. The zero-order valence-electron chi connectivity index (χ0n) is 12.0. The van der Waals surface area contributed by atoms with Crippen molar-refractivity contribution in [2.45, 2.75) is 47.1 Å². The summed E-state index contributed by atoms with van der Waals surface area (Å²) < 4.78 is 0. The Morgan fingerprint density at radius 3 is 2.06 bits per heavy atom. The second-order valence-electron chi connectivity index (χ2n) is 5.54. The Morgan fingerprint density at radius 2 is 1.69 bits per heavy atom. The lowest BCUT2D eigenvalue weighted by Gasteiger charge is -2.30. The van der Waals surface area contributed by atoms with Gasteiger partial charge >= 0.3 is 0 Å². The summed E-state index contributed by atoms with van der Waals surface area (Å²) in [5.41, 5.74) is -0.231. The predicted molar refractivity (Wildman–Crippen MR) is 69.5 cm³/mol. The SMILES string of the molecule is CCC(C)(C)C(=O)N(C)CCN(C)C(C)C. The number of rotatable bonds is 6. The van der Waals surface area contributed by atoms with E-state index in [0.717, 1.165) is 19.5 Å². The normalized spacial score (nSPS) is 12.3. The smallest absolute Gasteiger partial charge is 0.228 e. The summed E-state index contributed by atoms with van der Waals surface area (Å²) in [5, 5.41) is 0. The molecule has 16 heavy (non-hydrogen) atoms. The highest BCUT2D eigenvalue weighted by Crippen LogP contribution is 2.22. The molecule has 0 aromatic heterocycles. The maximum Gasteiger partial charge on any atom is 0.228 e. The van der Waals surface area contributed by atoms with Crippen molar-refractivity contribution in [1.29, 1.82) is 0 Å². The molecule has 0 radical (unpaired) electrons. The fourth-order valence-corrected chi connectivity index (χ4v) is 1.34. The average molecular weight is 228 g/mol. The molecule has 1 amide bonds. The number of hydrogen-bond donors (Lipinski definition) is 0. The first-order valence-electron chi connectivity index (χ1n) is 6.18. The summed E-state index contributed by atoms with van der Waals surface area (Å²) in [6.45, 7) is 12.1. The van der Waals surface area contributed by atoms with Crippen LogP contribution in [0.1, 0.15) is 41.0 Å². The molecule has 0 saturated heterocycles. The second-order valence-corrected chi connectivity index (χ2v) is 5.54. The number of carbonyl (C=O) groups excluding carboxylic acids is 1. The van der Waals surface area contributed by atoms with Crippen molar-refractivity contribution in [3.8, 4) is 0 Å². The van der Waals surface area contributed by atoms with E-state index >= 15 is 0 Å². The van der Waals surface area contributed by atoms with Gasteiger partial charge in [0.15, 0.2) is 0 Å². The lowest BCUT2D eigenvalue weighted by molar-refractivity contribution is -0.139. The number of carbonyl (C=O) groups is 1. The fourth-order valence-electron chi connectivity index (χ4n) is 1.34. The van der Waals surface area contributed by atoms with E-state index in [1.165, 1.54) is 0 Å². The van der Waals surface area contributed by atoms with Crippen LogP contribution in [-0.4, -0.2) is 48.9 Å². The second kappa shape index (κ2) is 6.24. The minimum absolute atomic E-state index is 0.231. The largest absolute Gasteiger partial charge is 0.344 e. The molecule has 3 nitrogen and oxygen atoms in total. The molecule has 0 aromatic carbocycles. The number of nitrogens with zero attached hydrogens (tertiary/aromatic N) is 2. The minimum Gasteiger partial charge on any atom is -0.344 e. The summed E-state index contributed by atoms with van der Waals surface area (Å²) in [5.74, 6) is 0.243. The van der Waals surface area contributed by atoms with Crippen LogP contribution in [0.3, 0.4) is 0 Å². The first-order chi connectivity index (χ1) is 7.22. The van der Waals surface area contributed by atoms with Gasteiger partial charge in [-0.25, -0.2) is 0 Å². The van der Waals surface area contributed by atoms with E-state index < -0.39 is 0 Å². The third-order valence-corrected chi connectivity index (χ3v) is 3.48. The highest BCUT2D eigenvalue weighted by molar-refractivity contribution is 5.81. The van der Waals surface area contributed by atoms with Crippen molar-refractivity contribution in [2.24, 2.45) is 5.41 Å². The molecule has 0 aliphatic heterocycles. The topological polar surface area (TPSA) is 23.6 Å². The van der Waals surface area contributed by atoms with E-state index in [1.54, 1.807) is 0 Å². The van der Waals surface area contributed by atoms with Gasteiger partial charge in [0, 0.05) is 31.6 Å². The van der Waals surface area contributed by atoms with Gasteiger partial charge < -0.3 is 9.80 Å². The first kappa shape index (κ1) is 15.4. The molecule has 0 aliphatic rings. The molecule has 0 fully saturated rings. The Balaban J connectivity index is 4.17. The zero-order valence-corrected chi connectivity index (χ0v) is 12.0. The number of hydrogen-bond acceptors (Lipinski definition) is 2. The van der Waals surface area contributed by atoms with Crippen LogP contribution in [0, 0.1) is 5.41 Å². The van der Waals surface area contributed by atoms with Crippen molar-refractivity contribution in [1.82, 2.24) is 9.80 Å². The molecule has 0 aliphatic carbocycles. The standard InChI is InChI=1S/C13H28N2O/c1-8-13(4,5)12(16)15(7)10-9-14(6)11(2)3/h11H,8-10H2,1-7H3. The molecule has 0 unspecified atom stereocenters. The van der Waals surface area contributed by atoms with Crippen LogP contribution in [0.2, 0.25) is 0 Å². The van der Waals surface area contributed by atoms with Gasteiger partial charge in [0.25, 0.3) is 0 Å². The predicted octanol–water partition coefficient (Wildman–Crippen LogP) is 2.22. The van der Waals surface area contributed by atoms with Gasteiger partial charge in [-0.3, -0.25) is 4.79 Å². The van der Waals surface area contributed by atoms with Crippen LogP contribution >= 0.6 is 0 Å². The third kappa shape index (κ3) is 4.52. The van der Waals surface area contributed by atoms with E-state index in [9.17, 15) is 4.79 Å². The highest BCUT2D eigenvalue weighted by atomic mass is 16.2. The molecule has 0 saturated carbocycles. The van der Waals surface area contributed by atoms with Crippen LogP contribution < -0.4 is 0 Å². The monoisotopic (exact) mass is 228 g/mol. The Morgan fingerprint density at radius 1 is 1.19 bits per heavy atom. The van der Waals surface area contributed by atoms with E-state index in [2.05, 4.69) is 32.7 Å². The van der Waals surface area contributed by atoms with Crippen molar-refractivity contribution >= 4 is 5.91 Å². The van der Waals surface area contributed by atoms with Crippen molar-refractivity contribution in [3.05, 3.63) is 0 Å². The molecule has 0 aromatic rings. The molecule has 0 spiro atoms. The van der Waals surface area contributed by atoms with Gasteiger partial charge in [-0.2, -0.15) is 0 Å². The minimum atomic E-state index is -0.231. The lowest BCUT2D eigenvalue weighted by Crippen LogP contribution is -2.42. The Hall–Kier alpha value is -0.570. The average Bonchev–Trinajstić information content (AvgIpc) is 2.23.